The Hall–Kier alpha value is -0.220. The van der Waals surface area contributed by atoms with E-state index < -0.39 is 0 Å². The highest BCUT2D eigenvalue weighted by Gasteiger charge is 2.11. The van der Waals surface area contributed by atoms with Crippen LogP contribution in [0.5, 0.6) is 0 Å². The van der Waals surface area contributed by atoms with Crippen molar-refractivity contribution < 1.29 is 4.79 Å². The first-order chi connectivity index (χ1) is 6.31. The Labute approximate surface area is 91.2 Å². The molecule has 0 aromatic rings. The summed E-state index contributed by atoms with van der Waals surface area (Å²) in [6.07, 6.45) is 0. The monoisotopic (exact) mass is 218 g/mol. The van der Waals surface area contributed by atoms with Gasteiger partial charge in [-0.25, -0.2) is 0 Å². The Morgan fingerprint density at radius 2 is 2.07 bits per heavy atom. The minimum absolute atomic E-state index is 0.105. The van der Waals surface area contributed by atoms with E-state index in [1.165, 1.54) is 0 Å². The lowest BCUT2D eigenvalue weighted by atomic mass is 10.1. The van der Waals surface area contributed by atoms with Gasteiger partial charge in [0, 0.05) is 17.8 Å². The van der Waals surface area contributed by atoms with Crippen molar-refractivity contribution in [3.8, 4) is 0 Å². The molecule has 0 aliphatic carbocycles. The van der Waals surface area contributed by atoms with Gasteiger partial charge in [-0.2, -0.15) is 11.8 Å². The molecule has 0 heterocycles. The summed E-state index contributed by atoms with van der Waals surface area (Å²) in [5.74, 6) is 1.93. The fourth-order valence-corrected chi connectivity index (χ4v) is 1.69. The zero-order chi connectivity index (χ0) is 11.2. The average molecular weight is 218 g/mol. The van der Waals surface area contributed by atoms with Gasteiger partial charge in [0.15, 0.2) is 0 Å². The molecule has 0 spiro atoms. The lowest BCUT2D eigenvalue weighted by molar-refractivity contribution is -0.118. The molecule has 0 aliphatic heterocycles. The van der Waals surface area contributed by atoms with Crippen LogP contribution in [0.25, 0.3) is 0 Å². The van der Waals surface area contributed by atoms with Crippen LogP contribution in [0.15, 0.2) is 0 Å². The third kappa shape index (κ3) is 9.86. The summed E-state index contributed by atoms with van der Waals surface area (Å²) in [7, 11) is 0. The zero-order valence-electron chi connectivity index (χ0n) is 9.59. The quantitative estimate of drug-likeness (QED) is 0.705. The summed E-state index contributed by atoms with van der Waals surface area (Å²) < 4.78 is 0. The van der Waals surface area contributed by atoms with Crippen molar-refractivity contribution in [1.82, 2.24) is 5.32 Å². The van der Waals surface area contributed by atoms with Gasteiger partial charge in [0.2, 0.25) is 5.91 Å². The number of nitrogens with two attached hydrogens (primary N) is 1. The highest BCUT2D eigenvalue weighted by atomic mass is 32.2. The minimum atomic E-state index is -0.191. The van der Waals surface area contributed by atoms with E-state index in [2.05, 4.69) is 19.2 Å². The molecule has 3 N–H and O–H groups in total. The van der Waals surface area contributed by atoms with Crippen LogP contribution in [-0.2, 0) is 4.79 Å². The third-order valence-corrected chi connectivity index (χ3v) is 2.83. The molecule has 0 bridgehead atoms. The van der Waals surface area contributed by atoms with Gasteiger partial charge in [-0.1, -0.05) is 13.8 Å². The lowest BCUT2D eigenvalue weighted by Crippen LogP contribution is -2.36. The van der Waals surface area contributed by atoms with Crippen LogP contribution in [0.1, 0.15) is 27.7 Å². The topological polar surface area (TPSA) is 55.1 Å². The molecular formula is C10H22N2OS. The molecule has 0 saturated heterocycles. The predicted molar refractivity (Wildman–Crippen MR) is 63.4 cm³/mol. The van der Waals surface area contributed by atoms with Crippen molar-refractivity contribution in [3.63, 3.8) is 0 Å². The second-order valence-electron chi connectivity index (χ2n) is 4.68. The molecule has 4 heteroatoms. The molecule has 0 saturated carbocycles. The third-order valence-electron chi connectivity index (χ3n) is 1.41. The maximum Gasteiger partial charge on any atom is 0.230 e. The van der Waals surface area contributed by atoms with Crippen LogP contribution in [0, 0.1) is 5.92 Å². The summed E-state index contributed by atoms with van der Waals surface area (Å²) in [6.45, 7) is 8.84. The van der Waals surface area contributed by atoms with Gasteiger partial charge in [-0.3, -0.25) is 4.79 Å². The van der Waals surface area contributed by atoms with Crippen molar-refractivity contribution in [1.29, 1.82) is 0 Å². The summed E-state index contributed by atoms with van der Waals surface area (Å²) >= 11 is 1.58. The fourth-order valence-electron chi connectivity index (χ4n) is 0.776. The summed E-state index contributed by atoms with van der Waals surface area (Å²) in [4.78, 5) is 11.3. The number of rotatable bonds is 6. The van der Waals surface area contributed by atoms with Gasteiger partial charge in [0.25, 0.3) is 0 Å². The van der Waals surface area contributed by atoms with Crippen molar-refractivity contribution in [2.24, 2.45) is 11.7 Å². The summed E-state index contributed by atoms with van der Waals surface area (Å²) in [5, 5.41) is 2.87. The van der Waals surface area contributed by atoms with Crippen molar-refractivity contribution in [2.45, 2.75) is 33.2 Å². The highest BCUT2D eigenvalue weighted by molar-refractivity contribution is 8.00. The molecule has 0 fully saturated rings. The number of carbonyl (C=O) groups excluding carboxylic acids is 1. The Morgan fingerprint density at radius 1 is 1.50 bits per heavy atom. The van der Waals surface area contributed by atoms with E-state index in [0.29, 0.717) is 11.7 Å². The van der Waals surface area contributed by atoms with Gasteiger partial charge in [-0.15, -0.1) is 0 Å². The number of hydrogen-bond acceptors (Lipinski definition) is 3. The number of amides is 1. The van der Waals surface area contributed by atoms with E-state index in [9.17, 15) is 4.79 Å². The Bertz CT molecular complexity index is 175. The van der Waals surface area contributed by atoms with E-state index in [-0.39, 0.29) is 11.4 Å². The van der Waals surface area contributed by atoms with E-state index in [0.717, 1.165) is 12.3 Å². The van der Waals surface area contributed by atoms with Gasteiger partial charge in [0.1, 0.15) is 0 Å². The van der Waals surface area contributed by atoms with Crippen LogP contribution in [-0.4, -0.2) is 29.5 Å². The Kier molecular flexibility index (Phi) is 6.20. The molecule has 3 nitrogen and oxygen atoms in total. The molecular weight excluding hydrogens is 196 g/mol. The first kappa shape index (κ1) is 13.8. The molecule has 0 rings (SSSR count). The Balaban J connectivity index is 3.46. The van der Waals surface area contributed by atoms with Crippen molar-refractivity contribution >= 4 is 17.7 Å². The van der Waals surface area contributed by atoms with E-state index in [1.807, 2.05) is 13.8 Å². The van der Waals surface area contributed by atoms with Crippen LogP contribution in [0.4, 0.5) is 0 Å². The molecule has 84 valence electrons. The van der Waals surface area contributed by atoms with Crippen LogP contribution in [0.3, 0.4) is 0 Å². The maximum absolute atomic E-state index is 11.3. The summed E-state index contributed by atoms with van der Waals surface area (Å²) in [5.41, 5.74) is 5.60. The number of carbonyl (C=O) groups is 1. The van der Waals surface area contributed by atoms with E-state index >= 15 is 0 Å². The molecule has 14 heavy (non-hydrogen) atoms. The first-order valence-corrected chi connectivity index (χ1v) is 6.10. The second-order valence-corrected chi connectivity index (χ2v) is 5.66. The normalized spacial score (nSPS) is 11.9. The molecule has 0 aromatic heterocycles. The molecule has 0 aromatic carbocycles. The first-order valence-electron chi connectivity index (χ1n) is 4.94. The number of thioether (sulfide) groups is 1. The Morgan fingerprint density at radius 3 is 2.50 bits per heavy atom. The lowest BCUT2D eigenvalue weighted by Gasteiger charge is -2.17. The van der Waals surface area contributed by atoms with Crippen molar-refractivity contribution in [2.75, 3.05) is 18.1 Å². The molecule has 0 aliphatic rings. The van der Waals surface area contributed by atoms with Crippen molar-refractivity contribution in [3.05, 3.63) is 0 Å². The van der Waals surface area contributed by atoms with Crippen LogP contribution < -0.4 is 11.1 Å². The second kappa shape index (κ2) is 6.30. The molecule has 1 amide bonds. The van der Waals surface area contributed by atoms with Gasteiger partial charge >= 0.3 is 0 Å². The zero-order valence-corrected chi connectivity index (χ0v) is 10.4. The van der Waals surface area contributed by atoms with Gasteiger partial charge in [-0.05, 0) is 19.8 Å². The highest BCUT2D eigenvalue weighted by Crippen LogP contribution is 2.08. The molecule has 0 atom stereocenters. The average Bonchev–Trinajstić information content (AvgIpc) is 1.98. The molecule has 0 unspecified atom stereocenters. The number of hydrogen-bond donors (Lipinski definition) is 2. The minimum Gasteiger partial charge on any atom is -0.355 e. The largest absolute Gasteiger partial charge is 0.355 e. The fraction of sp³-hybridized carbons (Fsp3) is 0.900. The van der Waals surface area contributed by atoms with Crippen LogP contribution >= 0.6 is 11.8 Å². The van der Waals surface area contributed by atoms with Gasteiger partial charge < -0.3 is 11.1 Å². The van der Waals surface area contributed by atoms with Crippen LogP contribution in [0.2, 0.25) is 0 Å². The van der Waals surface area contributed by atoms with E-state index in [4.69, 9.17) is 5.73 Å². The smallest absolute Gasteiger partial charge is 0.230 e. The standard InChI is InChI=1S/C10H22N2OS/c1-8(2)5-12-9(13)6-14-7-10(3,4)11/h8H,5-7,11H2,1-4H3,(H,12,13). The summed E-state index contributed by atoms with van der Waals surface area (Å²) in [6, 6.07) is 0. The predicted octanol–water partition coefficient (Wildman–Crippen LogP) is 1.23. The molecule has 0 radical (unpaired) electrons. The maximum atomic E-state index is 11.3. The van der Waals surface area contributed by atoms with E-state index in [1.54, 1.807) is 11.8 Å². The number of nitrogens with one attached hydrogen (secondary N) is 1. The van der Waals surface area contributed by atoms with Gasteiger partial charge in [0.05, 0.1) is 5.75 Å². The SMILES string of the molecule is CC(C)CNC(=O)CSCC(C)(C)N.